The first-order chi connectivity index (χ1) is 28.4. The minimum Gasteiger partial charge on any atom is -0.456 e. The normalized spacial score (nSPS) is 16.6. The SMILES string of the molecule is C=C/C=C(\C=C/N(c1ccc(-c2ccc(C)cc2)cc1)c1ccc(-c2cc(C3=CCC(C)C=C3)cc(-c3ccccc3)c2)cc1)C1=C/C=C\C(=C)c2ccccc2O\1. The summed E-state index contributed by atoms with van der Waals surface area (Å²) in [5.74, 6) is 2.03. The predicted molar refractivity (Wildman–Crippen MR) is 248 cm³/mol. The van der Waals surface area contributed by atoms with E-state index in [1.54, 1.807) is 6.08 Å². The van der Waals surface area contributed by atoms with Crippen molar-refractivity contribution >= 4 is 22.5 Å². The summed E-state index contributed by atoms with van der Waals surface area (Å²) in [5.41, 5.74) is 15.7. The lowest BCUT2D eigenvalue weighted by atomic mass is 9.89. The number of rotatable bonds is 10. The highest BCUT2D eigenvalue weighted by atomic mass is 16.5. The summed E-state index contributed by atoms with van der Waals surface area (Å²) in [6, 6.07) is 51.9. The predicted octanol–water partition coefficient (Wildman–Crippen LogP) is 15.3. The summed E-state index contributed by atoms with van der Waals surface area (Å²) >= 11 is 0. The van der Waals surface area contributed by atoms with Crippen LogP contribution in [0.25, 0.3) is 44.5 Å². The molecule has 0 fully saturated rings. The first-order valence-electron chi connectivity index (χ1n) is 19.9. The summed E-state index contributed by atoms with van der Waals surface area (Å²) in [4.78, 5) is 2.22. The van der Waals surface area contributed by atoms with Crippen LogP contribution in [0, 0.1) is 12.8 Å². The van der Waals surface area contributed by atoms with Crippen LogP contribution in [0.3, 0.4) is 0 Å². The zero-order valence-corrected chi connectivity index (χ0v) is 33.2. The summed E-state index contributed by atoms with van der Waals surface area (Å²) in [7, 11) is 0. The molecule has 282 valence electrons. The molecule has 2 heteroatoms. The van der Waals surface area contributed by atoms with Crippen LogP contribution in [0.2, 0.25) is 0 Å². The molecule has 2 nitrogen and oxygen atoms in total. The number of hydrogen-bond acceptors (Lipinski definition) is 2. The van der Waals surface area contributed by atoms with Crippen LogP contribution >= 0.6 is 0 Å². The van der Waals surface area contributed by atoms with Crippen LogP contribution in [0.4, 0.5) is 11.4 Å². The molecule has 1 aliphatic carbocycles. The Bertz CT molecular complexity index is 2630. The molecule has 0 amide bonds. The standard InChI is InChI=1S/C56H47NO/c1-5-12-48(55-18-11-13-42(4)54-16-9-10-17-56(54)58-55)35-36-57(52-31-27-45(28-32-52)44-23-19-40(2)20-24-44)53-33-29-47(30-34-53)51-38-49(43-14-7-6-8-15-43)37-50(39-51)46-25-21-41(3)22-26-46/h5-21,23-39,41H,1,4,22H2,2-3H3/b13-11-,36-35-,48-12+,55-18-. The first-order valence-corrected chi connectivity index (χ1v) is 19.9. The maximum Gasteiger partial charge on any atom is 0.135 e. The van der Waals surface area contributed by atoms with Crippen molar-refractivity contribution in [1.29, 1.82) is 0 Å². The molecule has 0 saturated carbocycles. The second-order valence-corrected chi connectivity index (χ2v) is 14.9. The van der Waals surface area contributed by atoms with Crippen LogP contribution in [-0.2, 0) is 0 Å². The number of aryl methyl sites for hydroxylation is 1. The van der Waals surface area contributed by atoms with E-state index >= 15 is 0 Å². The van der Waals surface area contributed by atoms with Gasteiger partial charge in [0.25, 0.3) is 0 Å². The van der Waals surface area contributed by atoms with E-state index in [-0.39, 0.29) is 0 Å². The highest BCUT2D eigenvalue weighted by Gasteiger charge is 2.15. The summed E-state index contributed by atoms with van der Waals surface area (Å²) in [6.07, 6.45) is 22.0. The Balaban J connectivity index is 1.17. The van der Waals surface area contributed by atoms with Gasteiger partial charge >= 0.3 is 0 Å². The number of fused-ring (bicyclic) bond motifs is 1. The van der Waals surface area contributed by atoms with Crippen LogP contribution in [0.15, 0.2) is 231 Å². The topological polar surface area (TPSA) is 12.5 Å². The van der Waals surface area contributed by atoms with E-state index in [0.717, 1.165) is 45.8 Å². The minimum atomic E-state index is 0.558. The molecule has 0 bridgehead atoms. The molecular formula is C56H47NO. The fourth-order valence-corrected chi connectivity index (χ4v) is 7.37. The lowest BCUT2D eigenvalue weighted by Crippen LogP contribution is -2.09. The zero-order valence-electron chi connectivity index (χ0n) is 33.2. The van der Waals surface area contributed by atoms with Gasteiger partial charge in [0.05, 0.1) is 0 Å². The molecule has 1 heterocycles. The fraction of sp³-hybridized carbons (Fsp3) is 0.0714. The molecule has 0 spiro atoms. The summed E-state index contributed by atoms with van der Waals surface area (Å²) < 4.78 is 6.56. The van der Waals surface area contributed by atoms with E-state index in [2.05, 4.69) is 184 Å². The first kappa shape index (κ1) is 37.7. The molecule has 1 unspecified atom stereocenters. The zero-order chi connectivity index (χ0) is 39.8. The summed E-state index contributed by atoms with van der Waals surface area (Å²) in [5, 5.41) is 0. The van der Waals surface area contributed by atoms with Crippen molar-refractivity contribution in [2.75, 3.05) is 4.90 Å². The third-order valence-corrected chi connectivity index (χ3v) is 10.7. The Hall–Kier alpha value is -7.16. The van der Waals surface area contributed by atoms with E-state index in [9.17, 15) is 0 Å². The lowest BCUT2D eigenvalue weighted by molar-refractivity contribution is 0.437. The quantitative estimate of drug-likeness (QED) is 0.129. The maximum absolute atomic E-state index is 6.56. The van der Waals surface area contributed by atoms with Crippen LogP contribution in [0.1, 0.15) is 30.0 Å². The average Bonchev–Trinajstić information content (AvgIpc) is 3.26. The third kappa shape index (κ3) is 8.63. The van der Waals surface area contributed by atoms with Gasteiger partial charge in [-0.15, -0.1) is 0 Å². The maximum atomic E-state index is 6.56. The number of hydrogen-bond donors (Lipinski definition) is 0. The second kappa shape index (κ2) is 17.3. The minimum absolute atomic E-state index is 0.558. The molecular weight excluding hydrogens is 703 g/mol. The van der Waals surface area contributed by atoms with Gasteiger partial charge in [0.2, 0.25) is 0 Å². The Kier molecular flexibility index (Phi) is 11.3. The highest BCUT2D eigenvalue weighted by molar-refractivity contribution is 5.84. The van der Waals surface area contributed by atoms with E-state index in [4.69, 9.17) is 4.74 Å². The van der Waals surface area contributed by atoms with Gasteiger partial charge in [-0.1, -0.05) is 165 Å². The molecule has 6 aromatic rings. The van der Waals surface area contributed by atoms with Gasteiger partial charge in [0.15, 0.2) is 0 Å². The van der Waals surface area contributed by atoms with Crippen LogP contribution < -0.4 is 9.64 Å². The van der Waals surface area contributed by atoms with Gasteiger partial charge in [-0.05, 0) is 130 Å². The molecule has 8 rings (SSSR count). The Morgan fingerprint density at radius 3 is 1.90 bits per heavy atom. The van der Waals surface area contributed by atoms with E-state index < -0.39 is 0 Å². The third-order valence-electron chi connectivity index (χ3n) is 10.7. The molecule has 2 aliphatic rings. The van der Waals surface area contributed by atoms with Crippen molar-refractivity contribution in [2.24, 2.45) is 5.92 Å². The summed E-state index contributed by atoms with van der Waals surface area (Å²) in [6.45, 7) is 12.7. The Morgan fingerprint density at radius 2 is 1.26 bits per heavy atom. The van der Waals surface area contributed by atoms with Gasteiger partial charge in [0, 0.05) is 28.7 Å². The highest BCUT2D eigenvalue weighted by Crippen LogP contribution is 2.36. The van der Waals surface area contributed by atoms with Crippen molar-refractivity contribution < 1.29 is 4.74 Å². The van der Waals surface area contributed by atoms with Crippen molar-refractivity contribution in [1.82, 2.24) is 0 Å². The molecule has 0 saturated heterocycles. The van der Waals surface area contributed by atoms with Crippen molar-refractivity contribution in [3.05, 3.63) is 248 Å². The molecule has 0 radical (unpaired) electrons. The Morgan fingerprint density at radius 1 is 0.672 bits per heavy atom. The van der Waals surface area contributed by atoms with Gasteiger partial charge in [-0.25, -0.2) is 0 Å². The average molecular weight is 750 g/mol. The lowest BCUT2D eigenvalue weighted by Gasteiger charge is -2.23. The second-order valence-electron chi connectivity index (χ2n) is 14.9. The van der Waals surface area contributed by atoms with Crippen LogP contribution in [0.5, 0.6) is 5.75 Å². The van der Waals surface area contributed by atoms with E-state index in [0.29, 0.717) is 11.7 Å². The molecule has 0 N–H and O–H groups in total. The number of para-hydroxylation sites is 1. The smallest absolute Gasteiger partial charge is 0.135 e. The molecule has 0 aromatic heterocycles. The number of anilines is 2. The van der Waals surface area contributed by atoms with E-state index in [1.807, 2.05) is 48.6 Å². The molecule has 1 atom stereocenters. The van der Waals surface area contributed by atoms with Gasteiger partial charge in [0.1, 0.15) is 11.5 Å². The van der Waals surface area contributed by atoms with E-state index in [1.165, 1.54) is 44.5 Å². The molecule has 58 heavy (non-hydrogen) atoms. The van der Waals surface area contributed by atoms with Crippen molar-refractivity contribution in [3.63, 3.8) is 0 Å². The van der Waals surface area contributed by atoms with Gasteiger partial charge in [-0.2, -0.15) is 0 Å². The van der Waals surface area contributed by atoms with Gasteiger partial charge in [-0.3, -0.25) is 0 Å². The molecule has 1 aliphatic heterocycles. The number of ether oxygens (including phenoxy) is 1. The van der Waals surface area contributed by atoms with Crippen molar-refractivity contribution in [2.45, 2.75) is 20.3 Å². The number of nitrogens with zero attached hydrogens (tertiary/aromatic N) is 1. The van der Waals surface area contributed by atoms with Gasteiger partial charge < -0.3 is 9.64 Å². The fourth-order valence-electron chi connectivity index (χ4n) is 7.37. The molecule has 6 aromatic carbocycles. The number of benzene rings is 6. The largest absolute Gasteiger partial charge is 0.456 e. The monoisotopic (exact) mass is 749 g/mol. The van der Waals surface area contributed by atoms with Crippen LogP contribution in [-0.4, -0.2) is 0 Å². The Labute approximate surface area is 343 Å². The van der Waals surface area contributed by atoms with Crippen molar-refractivity contribution in [3.8, 4) is 39.1 Å². The number of allylic oxidation sites excluding steroid dienone is 11.